The van der Waals surface area contributed by atoms with Gasteiger partial charge in [-0.25, -0.2) is 4.68 Å². The SMILES string of the molecule is CCCOc1ccc(-n2nnc(C(=O)Nc3ccccc3)c2C)cc1. The maximum Gasteiger partial charge on any atom is 0.278 e. The minimum atomic E-state index is -0.280. The molecule has 0 aliphatic heterocycles. The van der Waals surface area contributed by atoms with Gasteiger partial charge in [0.05, 0.1) is 18.0 Å². The predicted molar refractivity (Wildman–Crippen MR) is 96.3 cm³/mol. The topological polar surface area (TPSA) is 69.0 Å². The van der Waals surface area contributed by atoms with Crippen LogP contribution in [0.1, 0.15) is 29.5 Å². The molecule has 128 valence electrons. The van der Waals surface area contributed by atoms with Crippen molar-refractivity contribution < 1.29 is 9.53 Å². The number of ether oxygens (including phenoxy) is 1. The van der Waals surface area contributed by atoms with Crippen LogP contribution in [0.25, 0.3) is 5.69 Å². The Bertz CT molecular complexity index is 842. The quantitative estimate of drug-likeness (QED) is 0.746. The second kappa shape index (κ2) is 7.61. The van der Waals surface area contributed by atoms with Gasteiger partial charge >= 0.3 is 0 Å². The zero-order chi connectivity index (χ0) is 17.6. The summed E-state index contributed by atoms with van der Waals surface area (Å²) in [5.74, 6) is 0.531. The number of benzene rings is 2. The van der Waals surface area contributed by atoms with Crippen molar-refractivity contribution in [3.8, 4) is 11.4 Å². The summed E-state index contributed by atoms with van der Waals surface area (Å²) in [5, 5.41) is 11.0. The van der Waals surface area contributed by atoms with E-state index in [4.69, 9.17) is 4.74 Å². The molecule has 0 saturated heterocycles. The first-order valence-electron chi connectivity index (χ1n) is 8.21. The molecule has 6 nitrogen and oxygen atoms in total. The molecule has 25 heavy (non-hydrogen) atoms. The fourth-order valence-corrected chi connectivity index (χ4v) is 2.40. The van der Waals surface area contributed by atoms with E-state index in [1.165, 1.54) is 0 Å². The normalized spacial score (nSPS) is 10.5. The summed E-state index contributed by atoms with van der Waals surface area (Å²) in [7, 11) is 0. The van der Waals surface area contributed by atoms with E-state index in [0.29, 0.717) is 18.0 Å². The molecule has 1 amide bonds. The van der Waals surface area contributed by atoms with Crippen molar-refractivity contribution in [2.45, 2.75) is 20.3 Å². The van der Waals surface area contributed by atoms with E-state index in [2.05, 4.69) is 22.6 Å². The second-order valence-electron chi connectivity index (χ2n) is 5.60. The van der Waals surface area contributed by atoms with Gasteiger partial charge in [0.2, 0.25) is 0 Å². The van der Waals surface area contributed by atoms with Crippen LogP contribution in [0.5, 0.6) is 5.75 Å². The molecule has 3 aromatic rings. The summed E-state index contributed by atoms with van der Waals surface area (Å²) in [4.78, 5) is 12.4. The molecule has 1 heterocycles. The van der Waals surface area contributed by atoms with Gasteiger partial charge in [0.15, 0.2) is 5.69 Å². The van der Waals surface area contributed by atoms with Crippen LogP contribution in [0, 0.1) is 6.92 Å². The summed E-state index contributed by atoms with van der Waals surface area (Å²) in [5.41, 5.74) is 2.53. The Labute approximate surface area is 146 Å². The van der Waals surface area contributed by atoms with Gasteiger partial charge in [0.1, 0.15) is 5.75 Å². The average Bonchev–Trinajstić information content (AvgIpc) is 3.03. The number of anilines is 1. The van der Waals surface area contributed by atoms with E-state index in [9.17, 15) is 4.79 Å². The molecule has 1 aromatic heterocycles. The van der Waals surface area contributed by atoms with Gasteiger partial charge in [0.25, 0.3) is 5.91 Å². The van der Waals surface area contributed by atoms with Gasteiger partial charge in [-0.05, 0) is 49.7 Å². The van der Waals surface area contributed by atoms with Crippen molar-refractivity contribution in [3.63, 3.8) is 0 Å². The van der Waals surface area contributed by atoms with E-state index in [1.54, 1.807) is 4.68 Å². The number of rotatable bonds is 6. The lowest BCUT2D eigenvalue weighted by Crippen LogP contribution is -2.14. The molecule has 0 atom stereocenters. The van der Waals surface area contributed by atoms with E-state index in [1.807, 2.05) is 61.5 Å². The lowest BCUT2D eigenvalue weighted by Gasteiger charge is -2.07. The van der Waals surface area contributed by atoms with Crippen LogP contribution >= 0.6 is 0 Å². The van der Waals surface area contributed by atoms with Gasteiger partial charge in [-0.15, -0.1) is 5.10 Å². The first-order valence-corrected chi connectivity index (χ1v) is 8.21. The largest absolute Gasteiger partial charge is 0.494 e. The molecule has 0 fully saturated rings. The van der Waals surface area contributed by atoms with Crippen LogP contribution < -0.4 is 10.1 Å². The van der Waals surface area contributed by atoms with Crippen LogP contribution in [0.2, 0.25) is 0 Å². The molecule has 0 aliphatic carbocycles. The number of carbonyl (C=O) groups is 1. The fraction of sp³-hybridized carbons (Fsp3) is 0.211. The number of amides is 1. The Balaban J connectivity index is 1.77. The highest BCUT2D eigenvalue weighted by Crippen LogP contribution is 2.18. The first-order chi connectivity index (χ1) is 12.2. The first kappa shape index (κ1) is 16.7. The highest BCUT2D eigenvalue weighted by molar-refractivity contribution is 6.03. The Hall–Kier alpha value is -3.15. The number of hydrogen-bond donors (Lipinski definition) is 1. The molecular formula is C19H20N4O2. The van der Waals surface area contributed by atoms with Crippen LogP contribution in [-0.2, 0) is 0 Å². The number of carbonyl (C=O) groups excluding carboxylic acids is 1. The predicted octanol–water partition coefficient (Wildman–Crippen LogP) is 3.62. The molecule has 0 saturated carbocycles. The summed E-state index contributed by atoms with van der Waals surface area (Å²) in [6, 6.07) is 16.8. The number of nitrogens with one attached hydrogen (secondary N) is 1. The van der Waals surface area contributed by atoms with Crippen molar-refractivity contribution in [2.75, 3.05) is 11.9 Å². The number of hydrogen-bond acceptors (Lipinski definition) is 4. The molecular weight excluding hydrogens is 316 g/mol. The summed E-state index contributed by atoms with van der Waals surface area (Å²) >= 11 is 0. The monoisotopic (exact) mass is 336 g/mol. The van der Waals surface area contributed by atoms with Crippen molar-refractivity contribution in [3.05, 3.63) is 66.0 Å². The molecule has 0 spiro atoms. The Morgan fingerprint density at radius 1 is 1.12 bits per heavy atom. The number of aromatic nitrogens is 3. The van der Waals surface area contributed by atoms with Crippen LogP contribution in [0.15, 0.2) is 54.6 Å². The molecule has 0 aliphatic rings. The lowest BCUT2D eigenvalue weighted by molar-refractivity contribution is 0.102. The van der Waals surface area contributed by atoms with Crippen molar-refractivity contribution in [1.82, 2.24) is 15.0 Å². The van der Waals surface area contributed by atoms with E-state index < -0.39 is 0 Å². The van der Waals surface area contributed by atoms with Gasteiger partial charge in [-0.2, -0.15) is 0 Å². The molecule has 0 unspecified atom stereocenters. The maximum atomic E-state index is 12.4. The highest BCUT2D eigenvalue weighted by atomic mass is 16.5. The van der Waals surface area contributed by atoms with Crippen molar-refractivity contribution in [1.29, 1.82) is 0 Å². The van der Waals surface area contributed by atoms with Gasteiger partial charge in [0, 0.05) is 5.69 Å². The highest BCUT2D eigenvalue weighted by Gasteiger charge is 2.17. The molecule has 0 radical (unpaired) electrons. The zero-order valence-corrected chi connectivity index (χ0v) is 14.3. The maximum absolute atomic E-state index is 12.4. The molecule has 0 bridgehead atoms. The zero-order valence-electron chi connectivity index (χ0n) is 14.3. The minimum absolute atomic E-state index is 0.280. The standard InChI is InChI=1S/C19H20N4O2/c1-3-13-25-17-11-9-16(10-12-17)23-14(2)18(21-22-23)19(24)20-15-7-5-4-6-8-15/h4-12H,3,13H2,1-2H3,(H,20,24). The molecule has 6 heteroatoms. The van der Waals surface area contributed by atoms with Gasteiger partial charge in [-0.3, -0.25) is 4.79 Å². The van der Waals surface area contributed by atoms with Gasteiger partial charge < -0.3 is 10.1 Å². The van der Waals surface area contributed by atoms with Crippen molar-refractivity contribution >= 4 is 11.6 Å². The van der Waals surface area contributed by atoms with Crippen LogP contribution in [0.4, 0.5) is 5.69 Å². The summed E-state index contributed by atoms with van der Waals surface area (Å²) in [6.45, 7) is 4.57. The van der Waals surface area contributed by atoms with Crippen LogP contribution in [0.3, 0.4) is 0 Å². The third-order valence-electron chi connectivity index (χ3n) is 3.70. The fourth-order valence-electron chi connectivity index (χ4n) is 2.40. The smallest absolute Gasteiger partial charge is 0.278 e. The molecule has 2 aromatic carbocycles. The van der Waals surface area contributed by atoms with E-state index in [0.717, 1.165) is 23.5 Å². The van der Waals surface area contributed by atoms with Crippen LogP contribution in [-0.4, -0.2) is 27.5 Å². The van der Waals surface area contributed by atoms with E-state index in [-0.39, 0.29) is 5.91 Å². The summed E-state index contributed by atoms with van der Waals surface area (Å²) in [6.07, 6.45) is 0.962. The Kier molecular flexibility index (Phi) is 5.09. The third kappa shape index (κ3) is 3.85. The molecule has 3 rings (SSSR count). The Morgan fingerprint density at radius 2 is 1.84 bits per heavy atom. The lowest BCUT2D eigenvalue weighted by atomic mass is 10.2. The van der Waals surface area contributed by atoms with Gasteiger partial charge in [-0.1, -0.05) is 30.3 Å². The third-order valence-corrected chi connectivity index (χ3v) is 3.70. The minimum Gasteiger partial charge on any atom is -0.494 e. The summed E-state index contributed by atoms with van der Waals surface area (Å²) < 4.78 is 7.22. The van der Waals surface area contributed by atoms with E-state index >= 15 is 0 Å². The average molecular weight is 336 g/mol. The van der Waals surface area contributed by atoms with Crippen molar-refractivity contribution in [2.24, 2.45) is 0 Å². The number of para-hydroxylation sites is 1. The molecule has 1 N–H and O–H groups in total. The second-order valence-corrected chi connectivity index (χ2v) is 5.60. The number of nitrogens with zero attached hydrogens (tertiary/aromatic N) is 3. The Morgan fingerprint density at radius 3 is 2.52 bits per heavy atom.